The van der Waals surface area contributed by atoms with Gasteiger partial charge in [0.15, 0.2) is 0 Å². The molecule has 2 heterocycles. The number of carbonyl (C=O) groups is 2. The maximum atomic E-state index is 13.2. The van der Waals surface area contributed by atoms with Gasteiger partial charge in [0.25, 0.3) is 5.56 Å². The first-order valence-electron chi connectivity index (χ1n) is 10.3. The molecule has 0 radical (unpaired) electrons. The highest BCUT2D eigenvalue weighted by Gasteiger charge is 2.19. The van der Waals surface area contributed by atoms with Gasteiger partial charge >= 0.3 is 5.97 Å². The second-order valence-corrected chi connectivity index (χ2v) is 8.59. The van der Waals surface area contributed by atoms with Crippen LogP contribution in [0.4, 0.5) is 0 Å². The predicted octanol–water partition coefficient (Wildman–Crippen LogP) is 0.866. The molecule has 31 heavy (non-hydrogen) atoms. The highest BCUT2D eigenvalue weighted by molar-refractivity contribution is 7.07. The molecule has 2 aromatic rings. The third-order valence-corrected chi connectivity index (χ3v) is 6.35. The molecule has 1 aliphatic heterocycles. The molecular formula is C23H28N2O5S. The number of hydrogen-bond acceptors (Lipinski definition) is 6. The zero-order valence-electron chi connectivity index (χ0n) is 18.4. The number of ether oxygens (including phenoxy) is 2. The van der Waals surface area contributed by atoms with Crippen LogP contribution in [0.2, 0.25) is 0 Å². The normalized spacial score (nSPS) is 15.4. The molecule has 1 amide bonds. The van der Waals surface area contributed by atoms with Crippen LogP contribution in [0.3, 0.4) is 0 Å². The van der Waals surface area contributed by atoms with Gasteiger partial charge in [-0.2, -0.15) is 0 Å². The first-order valence-corrected chi connectivity index (χ1v) is 11.1. The van der Waals surface area contributed by atoms with Crippen LogP contribution in [0, 0.1) is 20.8 Å². The van der Waals surface area contributed by atoms with Crippen molar-refractivity contribution in [2.75, 3.05) is 32.9 Å². The Morgan fingerprint density at radius 3 is 2.48 bits per heavy atom. The van der Waals surface area contributed by atoms with Gasteiger partial charge in [0, 0.05) is 13.1 Å². The Morgan fingerprint density at radius 2 is 1.81 bits per heavy atom. The highest BCUT2D eigenvalue weighted by atomic mass is 32.1. The van der Waals surface area contributed by atoms with Crippen LogP contribution >= 0.6 is 11.3 Å². The molecule has 0 N–H and O–H groups in total. The lowest BCUT2D eigenvalue weighted by molar-refractivity contribution is -0.136. The Morgan fingerprint density at radius 1 is 1.13 bits per heavy atom. The molecule has 1 aliphatic rings. The molecule has 166 valence electrons. The fourth-order valence-electron chi connectivity index (χ4n) is 3.41. The van der Waals surface area contributed by atoms with E-state index in [4.69, 9.17) is 9.47 Å². The van der Waals surface area contributed by atoms with Crippen molar-refractivity contribution >= 4 is 35.4 Å². The van der Waals surface area contributed by atoms with E-state index >= 15 is 0 Å². The SMILES string of the molecule is CCOC(=O)/C=c1\s/c(=C/c2cc(C)c(C)cc2C)c(=O)n1CC(=O)N1CCOCC1. The quantitative estimate of drug-likeness (QED) is 0.640. The maximum absolute atomic E-state index is 13.2. The number of amides is 1. The first-order chi connectivity index (χ1) is 14.8. The summed E-state index contributed by atoms with van der Waals surface area (Å²) in [6, 6.07) is 4.13. The number of benzene rings is 1. The monoisotopic (exact) mass is 444 g/mol. The molecule has 0 atom stereocenters. The van der Waals surface area contributed by atoms with E-state index in [9.17, 15) is 14.4 Å². The zero-order valence-corrected chi connectivity index (χ0v) is 19.2. The smallest absolute Gasteiger partial charge is 0.333 e. The van der Waals surface area contributed by atoms with Gasteiger partial charge in [-0.1, -0.05) is 12.1 Å². The number of esters is 1. The third-order valence-electron chi connectivity index (χ3n) is 5.29. The van der Waals surface area contributed by atoms with Crippen LogP contribution in [-0.4, -0.2) is 54.3 Å². The lowest BCUT2D eigenvalue weighted by Gasteiger charge is -2.26. The molecule has 3 rings (SSSR count). The molecule has 0 spiro atoms. The van der Waals surface area contributed by atoms with Crippen LogP contribution in [0.1, 0.15) is 29.2 Å². The van der Waals surface area contributed by atoms with Crippen LogP contribution < -0.4 is 14.8 Å². The Balaban J connectivity index is 2.08. The molecular weight excluding hydrogens is 416 g/mol. The Hall–Kier alpha value is -2.71. The fourth-order valence-corrected chi connectivity index (χ4v) is 4.43. The van der Waals surface area contributed by atoms with Gasteiger partial charge in [0.2, 0.25) is 5.91 Å². The summed E-state index contributed by atoms with van der Waals surface area (Å²) in [7, 11) is 0. The minimum Gasteiger partial charge on any atom is -0.463 e. The number of aryl methyl sites for hydroxylation is 3. The summed E-state index contributed by atoms with van der Waals surface area (Å²) in [4.78, 5) is 39.7. The number of nitrogens with zero attached hydrogens (tertiary/aromatic N) is 2. The third kappa shape index (κ3) is 5.51. The van der Waals surface area contributed by atoms with Crippen LogP contribution in [0.15, 0.2) is 16.9 Å². The number of hydrogen-bond donors (Lipinski definition) is 0. The van der Waals surface area contributed by atoms with Crippen molar-refractivity contribution in [3.8, 4) is 0 Å². The molecule has 1 saturated heterocycles. The van der Waals surface area contributed by atoms with Gasteiger partial charge in [-0.15, -0.1) is 11.3 Å². The van der Waals surface area contributed by atoms with E-state index in [0.29, 0.717) is 35.5 Å². The second kappa shape index (κ2) is 10.1. The summed E-state index contributed by atoms with van der Waals surface area (Å²) in [5.41, 5.74) is 4.03. The van der Waals surface area contributed by atoms with E-state index in [0.717, 1.165) is 16.7 Å². The fraction of sp³-hybridized carbons (Fsp3) is 0.435. The Labute approximate surface area is 185 Å². The summed E-state index contributed by atoms with van der Waals surface area (Å²) in [5, 5.41) is 0. The Kier molecular flexibility index (Phi) is 7.46. The van der Waals surface area contributed by atoms with E-state index in [2.05, 4.69) is 6.07 Å². The van der Waals surface area contributed by atoms with Gasteiger partial charge in [0.05, 0.1) is 30.4 Å². The number of thiazole rings is 1. The van der Waals surface area contributed by atoms with Gasteiger partial charge in [-0.05, 0) is 56.0 Å². The van der Waals surface area contributed by atoms with Gasteiger partial charge < -0.3 is 14.4 Å². The predicted molar refractivity (Wildman–Crippen MR) is 121 cm³/mol. The second-order valence-electron chi connectivity index (χ2n) is 7.52. The molecule has 0 aliphatic carbocycles. The number of aromatic nitrogens is 1. The van der Waals surface area contributed by atoms with Crippen molar-refractivity contribution in [2.45, 2.75) is 34.2 Å². The van der Waals surface area contributed by atoms with E-state index in [-0.39, 0.29) is 24.6 Å². The summed E-state index contributed by atoms with van der Waals surface area (Å²) in [6.07, 6.45) is 3.11. The van der Waals surface area contributed by atoms with Crippen molar-refractivity contribution in [2.24, 2.45) is 0 Å². The summed E-state index contributed by atoms with van der Waals surface area (Å²) in [5.74, 6) is -0.708. The van der Waals surface area contributed by atoms with Crippen molar-refractivity contribution in [3.63, 3.8) is 0 Å². The molecule has 0 saturated carbocycles. The van der Waals surface area contributed by atoms with Gasteiger partial charge in [0.1, 0.15) is 11.2 Å². The zero-order chi connectivity index (χ0) is 22.5. The van der Waals surface area contributed by atoms with E-state index in [1.165, 1.54) is 27.5 Å². The number of carbonyl (C=O) groups excluding carboxylic acids is 2. The molecule has 0 unspecified atom stereocenters. The standard InChI is InChI=1S/C23H28N2O5S/c1-5-30-22(27)13-21-25(14-20(26)24-6-8-29-9-7-24)23(28)19(31-21)12-18-11-16(3)15(2)10-17(18)4/h10-13H,5-9,14H2,1-4H3/b19-12+,21-13-. The molecule has 8 heteroatoms. The lowest BCUT2D eigenvalue weighted by Crippen LogP contribution is -2.45. The van der Waals surface area contributed by atoms with E-state index in [1.807, 2.05) is 32.9 Å². The summed E-state index contributed by atoms with van der Waals surface area (Å²) >= 11 is 1.19. The molecule has 1 aromatic heterocycles. The lowest BCUT2D eigenvalue weighted by atomic mass is 10.0. The number of morpholine rings is 1. The average molecular weight is 445 g/mol. The maximum Gasteiger partial charge on any atom is 0.333 e. The van der Waals surface area contributed by atoms with Gasteiger partial charge in [-0.25, -0.2) is 4.79 Å². The van der Waals surface area contributed by atoms with Gasteiger partial charge in [-0.3, -0.25) is 14.2 Å². The molecule has 1 aromatic carbocycles. The van der Waals surface area contributed by atoms with E-state index < -0.39 is 5.97 Å². The average Bonchev–Trinajstić information content (AvgIpc) is 3.01. The number of rotatable bonds is 5. The largest absolute Gasteiger partial charge is 0.463 e. The highest BCUT2D eigenvalue weighted by Crippen LogP contribution is 2.15. The molecule has 0 bridgehead atoms. The van der Waals surface area contributed by atoms with Crippen molar-refractivity contribution < 1.29 is 19.1 Å². The van der Waals surface area contributed by atoms with Crippen molar-refractivity contribution in [1.29, 1.82) is 0 Å². The first kappa shape index (κ1) is 23.0. The summed E-state index contributed by atoms with van der Waals surface area (Å²) in [6.45, 7) is 9.86. The summed E-state index contributed by atoms with van der Waals surface area (Å²) < 4.78 is 12.5. The van der Waals surface area contributed by atoms with Crippen LogP contribution in [0.5, 0.6) is 0 Å². The van der Waals surface area contributed by atoms with Crippen LogP contribution in [-0.2, 0) is 25.6 Å². The van der Waals surface area contributed by atoms with Crippen molar-refractivity contribution in [3.05, 3.63) is 53.9 Å². The van der Waals surface area contributed by atoms with Crippen molar-refractivity contribution in [1.82, 2.24) is 9.47 Å². The van der Waals surface area contributed by atoms with E-state index in [1.54, 1.807) is 11.8 Å². The molecule has 1 fully saturated rings. The minimum atomic E-state index is -0.537. The minimum absolute atomic E-state index is 0.125. The Bertz CT molecular complexity index is 1160. The molecule has 7 nitrogen and oxygen atoms in total. The topological polar surface area (TPSA) is 77.8 Å². The van der Waals surface area contributed by atoms with Crippen LogP contribution in [0.25, 0.3) is 12.2 Å².